The van der Waals surface area contributed by atoms with Crippen LogP contribution < -0.4 is 9.64 Å². The quantitative estimate of drug-likeness (QED) is 0.0934. The maximum Gasteiger partial charge on any atom is 0.340 e. The molecule has 0 spiro atoms. The largest absolute Gasteiger partial charge is 0.457 e. The van der Waals surface area contributed by atoms with Crippen LogP contribution in [0.25, 0.3) is 0 Å². The lowest BCUT2D eigenvalue weighted by Crippen LogP contribution is -2.40. The molecule has 1 aliphatic heterocycles. The summed E-state index contributed by atoms with van der Waals surface area (Å²) in [7, 11) is 0. The maximum absolute atomic E-state index is 13.5. The molecule has 1 saturated heterocycles. The highest BCUT2D eigenvalue weighted by Crippen LogP contribution is 2.65. The number of imide groups is 1. The molecule has 3 aromatic carbocycles. The van der Waals surface area contributed by atoms with E-state index in [1.165, 1.54) is 42.5 Å². The summed E-state index contributed by atoms with van der Waals surface area (Å²) in [4.78, 5) is 64.4. The lowest BCUT2D eigenvalue weighted by atomic mass is 9.63. The zero-order valence-corrected chi connectivity index (χ0v) is 22.1. The van der Waals surface area contributed by atoms with Gasteiger partial charge in [0, 0.05) is 17.7 Å². The molecule has 0 aromatic heterocycles. The van der Waals surface area contributed by atoms with E-state index in [4.69, 9.17) is 9.47 Å². The highest BCUT2D eigenvalue weighted by atomic mass is 16.6. The van der Waals surface area contributed by atoms with Crippen molar-refractivity contribution in [3.05, 3.63) is 106 Å². The van der Waals surface area contributed by atoms with Crippen LogP contribution in [-0.4, -0.2) is 35.1 Å². The molecule has 210 valence electrons. The summed E-state index contributed by atoms with van der Waals surface area (Å²) in [5.74, 6) is -0.745. The van der Waals surface area contributed by atoms with Gasteiger partial charge in [0.15, 0.2) is 12.4 Å². The Morgan fingerprint density at radius 3 is 2.00 bits per heavy atom. The van der Waals surface area contributed by atoms with Crippen molar-refractivity contribution in [3.63, 3.8) is 0 Å². The lowest BCUT2D eigenvalue weighted by Gasteiger charge is -2.37. The molecule has 2 saturated carbocycles. The number of rotatable bonds is 8. The Balaban J connectivity index is 1.01. The second-order valence-electron chi connectivity index (χ2n) is 11.1. The molecule has 5 aliphatic rings. The predicted octanol–water partition coefficient (Wildman–Crippen LogP) is 4.98. The molecule has 3 fully saturated rings. The third-order valence-corrected chi connectivity index (χ3v) is 8.82. The number of esters is 1. The summed E-state index contributed by atoms with van der Waals surface area (Å²) in [6, 6.07) is 18.0. The van der Waals surface area contributed by atoms with E-state index in [0.29, 0.717) is 23.3 Å². The van der Waals surface area contributed by atoms with Gasteiger partial charge in [-0.1, -0.05) is 24.3 Å². The van der Waals surface area contributed by atoms with Crippen molar-refractivity contribution in [2.45, 2.75) is 6.42 Å². The van der Waals surface area contributed by atoms with Gasteiger partial charge in [0.2, 0.25) is 11.8 Å². The van der Waals surface area contributed by atoms with Crippen LogP contribution in [0.5, 0.6) is 11.5 Å². The Kier molecular flexibility index (Phi) is 6.00. The number of amides is 2. The number of nitro groups is 1. The summed E-state index contributed by atoms with van der Waals surface area (Å²) < 4.78 is 11.0. The molecule has 8 rings (SSSR count). The molecule has 4 aliphatic carbocycles. The van der Waals surface area contributed by atoms with Crippen LogP contribution in [0.1, 0.15) is 27.1 Å². The first-order chi connectivity index (χ1) is 20.3. The second-order valence-corrected chi connectivity index (χ2v) is 11.1. The van der Waals surface area contributed by atoms with Gasteiger partial charge in [0.25, 0.3) is 5.69 Å². The molecule has 3 aromatic rings. The lowest BCUT2D eigenvalue weighted by molar-refractivity contribution is -0.384. The van der Waals surface area contributed by atoms with Crippen molar-refractivity contribution in [1.29, 1.82) is 0 Å². The number of non-ortho nitro benzene ring substituents is 1. The molecule has 10 nitrogen and oxygen atoms in total. The SMILES string of the molecule is O=C(COC(=O)c1ccccc1N1C(=O)[C@H]2[C@@H]3C=C[C@@H]([C@H]4C[C@H]34)[C@@H]2C1=O)c1ccc(Oc2ccc([N+](=O)[O-])cc2)cc1. The molecule has 0 unspecified atom stereocenters. The van der Waals surface area contributed by atoms with Crippen LogP contribution in [0, 0.1) is 45.6 Å². The standard InChI is InChI=1S/C32H24N2O8/c35-27(17-5-9-19(10-6-17)42-20-11-7-18(8-12-20)34(39)40)16-41-32(38)23-3-1-2-4-26(23)33-30(36)28-21-13-14-22(25-15-24(21)25)29(28)31(33)37/h1-14,21-22,24-25,28-29H,15-16H2/t21-,22+,24-,25-,28+,29+/m1/s1. The van der Waals surface area contributed by atoms with E-state index in [-0.39, 0.29) is 46.2 Å². The van der Waals surface area contributed by atoms with E-state index in [9.17, 15) is 29.3 Å². The van der Waals surface area contributed by atoms with Gasteiger partial charge in [-0.05, 0) is 78.6 Å². The Labute approximate surface area is 239 Å². The van der Waals surface area contributed by atoms with Gasteiger partial charge in [-0.2, -0.15) is 0 Å². The summed E-state index contributed by atoms with van der Waals surface area (Å²) in [5, 5.41) is 10.8. The average Bonchev–Trinajstić information content (AvgIpc) is 3.79. The minimum absolute atomic E-state index is 0.0444. The fourth-order valence-corrected chi connectivity index (χ4v) is 6.81. The van der Waals surface area contributed by atoms with Crippen molar-refractivity contribution in [3.8, 4) is 11.5 Å². The molecule has 1 heterocycles. The van der Waals surface area contributed by atoms with E-state index in [1.807, 2.05) is 0 Å². The van der Waals surface area contributed by atoms with Gasteiger partial charge in [0.1, 0.15) is 11.5 Å². The molecule has 0 radical (unpaired) electrons. The number of para-hydroxylation sites is 1. The van der Waals surface area contributed by atoms with Crippen molar-refractivity contribution in [2.24, 2.45) is 35.5 Å². The fraction of sp³-hybridized carbons (Fsp3) is 0.250. The smallest absolute Gasteiger partial charge is 0.340 e. The molecular formula is C32H24N2O8. The third kappa shape index (κ3) is 4.18. The van der Waals surface area contributed by atoms with Gasteiger partial charge in [-0.25, -0.2) is 9.69 Å². The third-order valence-electron chi connectivity index (χ3n) is 8.82. The normalized spacial score (nSPS) is 26.4. The van der Waals surface area contributed by atoms with Crippen molar-refractivity contribution in [2.75, 3.05) is 11.5 Å². The zero-order chi connectivity index (χ0) is 29.1. The number of anilines is 1. The highest BCUT2D eigenvalue weighted by molar-refractivity contribution is 6.24. The molecule has 0 N–H and O–H groups in total. The van der Waals surface area contributed by atoms with Gasteiger partial charge >= 0.3 is 5.97 Å². The van der Waals surface area contributed by atoms with Gasteiger partial charge in [-0.15, -0.1) is 0 Å². The number of hydrogen-bond acceptors (Lipinski definition) is 8. The number of nitrogens with zero attached hydrogens (tertiary/aromatic N) is 2. The Morgan fingerprint density at radius 2 is 1.40 bits per heavy atom. The second kappa shape index (κ2) is 9.76. The van der Waals surface area contributed by atoms with Crippen LogP contribution >= 0.6 is 0 Å². The number of ether oxygens (including phenoxy) is 2. The summed E-state index contributed by atoms with van der Waals surface area (Å²) in [6.45, 7) is -0.541. The summed E-state index contributed by atoms with van der Waals surface area (Å²) >= 11 is 0. The van der Waals surface area contributed by atoms with E-state index in [0.717, 1.165) is 11.3 Å². The Hall–Kier alpha value is -5.12. The number of carbonyl (C=O) groups excluding carboxylic acids is 4. The molecule has 2 amide bonds. The molecule has 42 heavy (non-hydrogen) atoms. The van der Waals surface area contributed by atoms with E-state index in [1.54, 1.807) is 30.3 Å². The topological polar surface area (TPSA) is 133 Å². The number of nitro benzene ring substituents is 1. The number of ketones is 1. The summed E-state index contributed by atoms with van der Waals surface area (Å²) in [6.07, 6.45) is 5.24. The Morgan fingerprint density at radius 1 is 0.833 bits per heavy atom. The average molecular weight is 565 g/mol. The number of hydrogen-bond donors (Lipinski definition) is 0. The zero-order valence-electron chi connectivity index (χ0n) is 22.1. The monoisotopic (exact) mass is 564 g/mol. The van der Waals surface area contributed by atoms with Crippen LogP contribution in [0.2, 0.25) is 0 Å². The highest BCUT2D eigenvalue weighted by Gasteiger charge is 2.67. The van der Waals surface area contributed by atoms with Gasteiger partial charge < -0.3 is 9.47 Å². The first-order valence-corrected chi connectivity index (χ1v) is 13.7. The van der Waals surface area contributed by atoms with Crippen molar-refractivity contribution >= 4 is 34.9 Å². The summed E-state index contributed by atoms with van der Waals surface area (Å²) in [5.41, 5.74) is 0.448. The van der Waals surface area contributed by atoms with Gasteiger partial charge in [-0.3, -0.25) is 24.5 Å². The van der Waals surface area contributed by atoms with Crippen molar-refractivity contribution < 1.29 is 33.6 Å². The van der Waals surface area contributed by atoms with E-state index in [2.05, 4.69) is 12.2 Å². The van der Waals surface area contributed by atoms with E-state index < -0.39 is 35.1 Å². The first kappa shape index (κ1) is 25.8. The van der Waals surface area contributed by atoms with Crippen LogP contribution in [-0.2, 0) is 14.3 Å². The predicted molar refractivity (Wildman–Crippen MR) is 148 cm³/mol. The molecule has 10 heteroatoms. The first-order valence-electron chi connectivity index (χ1n) is 13.7. The Bertz CT molecular complexity index is 1640. The fourth-order valence-electron chi connectivity index (χ4n) is 6.81. The van der Waals surface area contributed by atoms with Gasteiger partial charge in [0.05, 0.1) is 28.0 Å². The number of carbonyl (C=O) groups is 4. The number of benzene rings is 3. The maximum atomic E-state index is 13.5. The molecular weight excluding hydrogens is 540 g/mol. The number of Topliss-reactive ketones (excluding diaryl/α,β-unsaturated/α-hetero) is 1. The van der Waals surface area contributed by atoms with Crippen LogP contribution in [0.4, 0.5) is 11.4 Å². The van der Waals surface area contributed by atoms with Crippen LogP contribution in [0.3, 0.4) is 0 Å². The van der Waals surface area contributed by atoms with Crippen molar-refractivity contribution in [1.82, 2.24) is 0 Å². The molecule has 6 atom stereocenters. The minimum atomic E-state index is -0.809. The molecule has 2 bridgehead atoms. The minimum Gasteiger partial charge on any atom is -0.457 e. The van der Waals surface area contributed by atoms with Crippen LogP contribution in [0.15, 0.2) is 84.9 Å². The van der Waals surface area contributed by atoms with E-state index >= 15 is 0 Å². The number of allylic oxidation sites excluding steroid dienone is 2.